The molecule has 0 amide bonds. The van der Waals surface area contributed by atoms with Gasteiger partial charge in [-0.2, -0.15) is 5.10 Å². The predicted molar refractivity (Wildman–Crippen MR) is 78.3 cm³/mol. The van der Waals surface area contributed by atoms with Gasteiger partial charge < -0.3 is 9.47 Å². The van der Waals surface area contributed by atoms with Crippen LogP contribution in [0.25, 0.3) is 11.1 Å². The summed E-state index contributed by atoms with van der Waals surface area (Å²) < 4.78 is 11.6. The lowest BCUT2D eigenvalue weighted by Gasteiger charge is -2.15. The molecule has 0 unspecified atom stereocenters. The van der Waals surface area contributed by atoms with Crippen molar-refractivity contribution in [3.8, 4) is 22.6 Å². The minimum absolute atomic E-state index is 0.608. The first-order valence-electron chi connectivity index (χ1n) is 7.27. The number of H-pyrrole nitrogens is 1. The van der Waals surface area contributed by atoms with Gasteiger partial charge in [0.05, 0.1) is 25.0 Å². The number of ether oxygens (including phenoxy) is 2. The van der Waals surface area contributed by atoms with Crippen LogP contribution in [0.1, 0.15) is 38.3 Å². The summed E-state index contributed by atoms with van der Waals surface area (Å²) in [7, 11) is 0. The Labute approximate surface area is 119 Å². The second-order valence-corrected chi connectivity index (χ2v) is 4.97. The fraction of sp³-hybridized carbons (Fsp3) is 0.438. The highest BCUT2D eigenvalue weighted by atomic mass is 16.5. The van der Waals surface area contributed by atoms with Gasteiger partial charge in [0.15, 0.2) is 0 Å². The average Bonchev–Trinajstić information content (AvgIpc) is 3.18. The molecule has 1 aliphatic carbocycles. The van der Waals surface area contributed by atoms with Gasteiger partial charge in [0.1, 0.15) is 11.5 Å². The van der Waals surface area contributed by atoms with Crippen LogP contribution < -0.4 is 9.47 Å². The third kappa shape index (κ3) is 2.38. The number of aromatic nitrogens is 2. The molecular formula is C16H20N2O2. The van der Waals surface area contributed by atoms with E-state index < -0.39 is 0 Å². The van der Waals surface area contributed by atoms with Crippen LogP contribution in [0, 0.1) is 0 Å². The minimum Gasteiger partial charge on any atom is -0.493 e. The van der Waals surface area contributed by atoms with E-state index in [1.807, 2.05) is 38.2 Å². The highest BCUT2D eigenvalue weighted by molar-refractivity contribution is 5.78. The van der Waals surface area contributed by atoms with Gasteiger partial charge in [0, 0.05) is 17.2 Å². The SMILES string of the molecule is CCOc1cccc(OCC)c1-c1cn[nH]c1C1CC1. The molecule has 1 aromatic heterocycles. The van der Waals surface area contributed by atoms with Crippen LogP contribution in [0.15, 0.2) is 24.4 Å². The Hall–Kier alpha value is -1.97. The number of benzene rings is 1. The fourth-order valence-corrected chi connectivity index (χ4v) is 2.51. The van der Waals surface area contributed by atoms with Crippen molar-refractivity contribution < 1.29 is 9.47 Å². The molecule has 1 saturated carbocycles. The maximum atomic E-state index is 5.78. The van der Waals surface area contributed by atoms with E-state index in [9.17, 15) is 0 Å². The Balaban J connectivity index is 2.10. The summed E-state index contributed by atoms with van der Waals surface area (Å²) in [5, 5.41) is 7.37. The number of nitrogens with one attached hydrogen (secondary N) is 1. The van der Waals surface area contributed by atoms with Gasteiger partial charge in [-0.25, -0.2) is 0 Å². The van der Waals surface area contributed by atoms with E-state index in [2.05, 4.69) is 10.2 Å². The summed E-state index contributed by atoms with van der Waals surface area (Å²) in [6, 6.07) is 5.95. The first-order chi connectivity index (χ1) is 9.85. The number of rotatable bonds is 6. The Morgan fingerprint density at radius 1 is 1.15 bits per heavy atom. The molecule has 20 heavy (non-hydrogen) atoms. The largest absolute Gasteiger partial charge is 0.493 e. The molecule has 0 spiro atoms. The quantitative estimate of drug-likeness (QED) is 0.871. The molecule has 0 aliphatic heterocycles. The smallest absolute Gasteiger partial charge is 0.130 e. The van der Waals surface area contributed by atoms with Gasteiger partial charge in [0.25, 0.3) is 0 Å². The molecule has 3 rings (SSSR count). The highest BCUT2D eigenvalue weighted by Gasteiger charge is 2.30. The van der Waals surface area contributed by atoms with E-state index in [0.29, 0.717) is 19.1 Å². The van der Waals surface area contributed by atoms with Crippen molar-refractivity contribution >= 4 is 0 Å². The number of hydrogen-bond donors (Lipinski definition) is 1. The number of nitrogens with zero attached hydrogens (tertiary/aromatic N) is 1. The van der Waals surface area contributed by atoms with Crippen LogP contribution in [0.5, 0.6) is 11.5 Å². The third-order valence-corrected chi connectivity index (χ3v) is 3.51. The van der Waals surface area contributed by atoms with E-state index in [0.717, 1.165) is 22.6 Å². The Bertz CT molecular complexity index is 564. The Morgan fingerprint density at radius 3 is 2.35 bits per heavy atom. The standard InChI is InChI=1S/C16H20N2O2/c1-3-19-13-6-5-7-14(20-4-2)15(13)12-10-17-18-16(12)11-8-9-11/h5-7,10-11H,3-4,8-9H2,1-2H3,(H,17,18). The lowest BCUT2D eigenvalue weighted by atomic mass is 10.0. The molecule has 0 bridgehead atoms. The normalized spacial score (nSPS) is 14.3. The first kappa shape index (κ1) is 13.0. The van der Waals surface area contributed by atoms with Gasteiger partial charge >= 0.3 is 0 Å². The molecular weight excluding hydrogens is 252 g/mol. The van der Waals surface area contributed by atoms with Crippen LogP contribution in [-0.2, 0) is 0 Å². The highest BCUT2D eigenvalue weighted by Crippen LogP contribution is 2.47. The molecule has 2 aromatic rings. The second-order valence-electron chi connectivity index (χ2n) is 4.97. The minimum atomic E-state index is 0.608. The molecule has 4 nitrogen and oxygen atoms in total. The molecule has 0 atom stereocenters. The third-order valence-electron chi connectivity index (χ3n) is 3.51. The van der Waals surface area contributed by atoms with Crippen molar-refractivity contribution in [2.24, 2.45) is 0 Å². The van der Waals surface area contributed by atoms with Crippen molar-refractivity contribution in [3.05, 3.63) is 30.1 Å². The fourth-order valence-electron chi connectivity index (χ4n) is 2.51. The summed E-state index contributed by atoms with van der Waals surface area (Å²) in [6.07, 6.45) is 4.35. The zero-order valence-electron chi connectivity index (χ0n) is 12.0. The molecule has 4 heteroatoms. The zero-order chi connectivity index (χ0) is 13.9. The van der Waals surface area contributed by atoms with Gasteiger partial charge in [-0.05, 0) is 38.8 Å². The second kappa shape index (κ2) is 5.57. The lowest BCUT2D eigenvalue weighted by molar-refractivity contribution is 0.325. The number of hydrogen-bond acceptors (Lipinski definition) is 3. The molecule has 1 N–H and O–H groups in total. The van der Waals surface area contributed by atoms with Gasteiger partial charge in [-0.15, -0.1) is 0 Å². The van der Waals surface area contributed by atoms with Crippen molar-refractivity contribution in [2.45, 2.75) is 32.6 Å². The van der Waals surface area contributed by atoms with Gasteiger partial charge in [-0.1, -0.05) is 6.07 Å². The summed E-state index contributed by atoms with van der Waals surface area (Å²) in [5.74, 6) is 2.33. The van der Waals surface area contributed by atoms with Crippen molar-refractivity contribution in [2.75, 3.05) is 13.2 Å². The maximum Gasteiger partial charge on any atom is 0.130 e. The zero-order valence-corrected chi connectivity index (χ0v) is 12.0. The van der Waals surface area contributed by atoms with Crippen molar-refractivity contribution in [1.29, 1.82) is 0 Å². The molecule has 1 heterocycles. The molecule has 106 valence electrons. The molecule has 0 saturated heterocycles. The topological polar surface area (TPSA) is 47.1 Å². The van der Waals surface area contributed by atoms with Crippen molar-refractivity contribution in [3.63, 3.8) is 0 Å². The summed E-state index contributed by atoms with van der Waals surface area (Å²) in [6.45, 7) is 5.26. The summed E-state index contributed by atoms with van der Waals surface area (Å²) >= 11 is 0. The summed E-state index contributed by atoms with van der Waals surface area (Å²) in [4.78, 5) is 0. The van der Waals surface area contributed by atoms with E-state index in [4.69, 9.17) is 9.47 Å². The van der Waals surface area contributed by atoms with Crippen LogP contribution in [-0.4, -0.2) is 23.4 Å². The maximum absolute atomic E-state index is 5.78. The van der Waals surface area contributed by atoms with Gasteiger partial charge in [0.2, 0.25) is 0 Å². The Morgan fingerprint density at radius 2 is 1.80 bits per heavy atom. The van der Waals surface area contributed by atoms with Crippen LogP contribution in [0.2, 0.25) is 0 Å². The monoisotopic (exact) mass is 272 g/mol. The lowest BCUT2D eigenvalue weighted by Crippen LogP contribution is -1.99. The van der Waals surface area contributed by atoms with Crippen LogP contribution in [0.4, 0.5) is 0 Å². The van der Waals surface area contributed by atoms with Crippen LogP contribution in [0.3, 0.4) is 0 Å². The van der Waals surface area contributed by atoms with Gasteiger partial charge in [-0.3, -0.25) is 5.10 Å². The number of aromatic amines is 1. The van der Waals surface area contributed by atoms with E-state index in [1.54, 1.807) is 0 Å². The van der Waals surface area contributed by atoms with Crippen LogP contribution >= 0.6 is 0 Å². The molecule has 1 aromatic carbocycles. The average molecular weight is 272 g/mol. The predicted octanol–water partition coefficient (Wildman–Crippen LogP) is 3.75. The van der Waals surface area contributed by atoms with E-state index >= 15 is 0 Å². The summed E-state index contributed by atoms with van der Waals surface area (Å²) in [5.41, 5.74) is 3.34. The van der Waals surface area contributed by atoms with E-state index in [1.165, 1.54) is 18.5 Å². The molecule has 1 aliphatic rings. The Kier molecular flexibility index (Phi) is 3.63. The molecule has 0 radical (unpaired) electrons. The first-order valence-corrected chi connectivity index (χ1v) is 7.27. The molecule has 1 fully saturated rings. The van der Waals surface area contributed by atoms with E-state index in [-0.39, 0.29) is 0 Å². The van der Waals surface area contributed by atoms with Crippen molar-refractivity contribution in [1.82, 2.24) is 10.2 Å².